The lowest BCUT2D eigenvalue weighted by atomic mass is 10.1. The van der Waals surface area contributed by atoms with Gasteiger partial charge in [-0.25, -0.2) is 4.79 Å². The smallest absolute Gasteiger partial charge is 0.338 e. The number of hydrogen-bond donors (Lipinski definition) is 1. The van der Waals surface area contributed by atoms with Gasteiger partial charge in [0.05, 0.1) is 17.2 Å². The Balaban J connectivity index is 2.04. The highest BCUT2D eigenvalue weighted by Gasteiger charge is 2.20. The van der Waals surface area contributed by atoms with Gasteiger partial charge in [-0.2, -0.15) is 5.26 Å². The van der Waals surface area contributed by atoms with Gasteiger partial charge in [0.15, 0.2) is 6.10 Å². The Labute approximate surface area is 144 Å². The molecule has 0 spiro atoms. The van der Waals surface area contributed by atoms with Gasteiger partial charge in [0.2, 0.25) is 0 Å². The average Bonchev–Trinajstić information content (AvgIpc) is 2.58. The number of benzene rings is 2. The van der Waals surface area contributed by atoms with E-state index in [9.17, 15) is 9.59 Å². The maximum atomic E-state index is 12.2. The molecule has 0 aliphatic heterocycles. The lowest BCUT2D eigenvalue weighted by Crippen LogP contribution is -2.30. The quantitative estimate of drug-likeness (QED) is 0.859. The predicted octanol–water partition coefficient (Wildman–Crippen LogP) is 3.70. The van der Waals surface area contributed by atoms with Crippen molar-refractivity contribution >= 4 is 29.2 Å². The Hall–Kier alpha value is -2.84. The van der Waals surface area contributed by atoms with Gasteiger partial charge in [-0.15, -0.1) is 0 Å². The zero-order chi connectivity index (χ0) is 17.7. The molecule has 1 atom stereocenters. The van der Waals surface area contributed by atoms with Gasteiger partial charge in [-0.3, -0.25) is 4.79 Å². The van der Waals surface area contributed by atoms with E-state index in [2.05, 4.69) is 5.32 Å². The number of rotatable bonds is 4. The normalized spacial score (nSPS) is 11.2. The Bertz CT molecular complexity index is 827. The standard InChI is InChI=1S/C18H15ClN2O3/c1-11-6-7-15(19)9-16(11)21-17(22)12(2)24-18(23)14-5-3-4-13(8-14)10-20/h3-9,12H,1-2H3,(H,21,22)/t12-/m0/s1. The lowest BCUT2D eigenvalue weighted by molar-refractivity contribution is -0.123. The summed E-state index contributed by atoms with van der Waals surface area (Å²) in [5.41, 5.74) is 1.96. The molecule has 0 aromatic heterocycles. The zero-order valence-electron chi connectivity index (χ0n) is 13.2. The van der Waals surface area contributed by atoms with Crippen molar-refractivity contribution in [3.8, 4) is 6.07 Å². The second-order valence-electron chi connectivity index (χ2n) is 5.19. The number of carbonyl (C=O) groups is 2. The number of nitrogens with one attached hydrogen (secondary N) is 1. The fraction of sp³-hybridized carbons (Fsp3) is 0.167. The van der Waals surface area contributed by atoms with Crippen molar-refractivity contribution in [1.29, 1.82) is 5.26 Å². The summed E-state index contributed by atoms with van der Waals surface area (Å²) in [6.07, 6.45) is -0.998. The summed E-state index contributed by atoms with van der Waals surface area (Å²) in [5, 5.41) is 12.0. The number of hydrogen-bond acceptors (Lipinski definition) is 4. The van der Waals surface area contributed by atoms with E-state index in [-0.39, 0.29) is 5.56 Å². The minimum atomic E-state index is -0.998. The first kappa shape index (κ1) is 17.5. The van der Waals surface area contributed by atoms with E-state index in [0.29, 0.717) is 16.3 Å². The van der Waals surface area contributed by atoms with Crippen LogP contribution in [0.1, 0.15) is 28.4 Å². The van der Waals surface area contributed by atoms with E-state index in [1.54, 1.807) is 30.3 Å². The van der Waals surface area contributed by atoms with Crippen LogP contribution in [0.4, 0.5) is 5.69 Å². The topological polar surface area (TPSA) is 79.2 Å². The van der Waals surface area contributed by atoms with Crippen molar-refractivity contribution in [1.82, 2.24) is 0 Å². The van der Waals surface area contributed by atoms with E-state index >= 15 is 0 Å². The van der Waals surface area contributed by atoms with Crippen molar-refractivity contribution in [2.24, 2.45) is 0 Å². The minimum absolute atomic E-state index is 0.215. The lowest BCUT2D eigenvalue weighted by Gasteiger charge is -2.15. The highest BCUT2D eigenvalue weighted by Crippen LogP contribution is 2.20. The highest BCUT2D eigenvalue weighted by molar-refractivity contribution is 6.31. The van der Waals surface area contributed by atoms with Crippen molar-refractivity contribution in [2.75, 3.05) is 5.32 Å². The van der Waals surface area contributed by atoms with Crippen LogP contribution in [0.2, 0.25) is 5.02 Å². The number of ether oxygens (including phenoxy) is 1. The summed E-state index contributed by atoms with van der Waals surface area (Å²) in [6, 6.07) is 13.2. The second-order valence-corrected chi connectivity index (χ2v) is 5.63. The maximum absolute atomic E-state index is 12.2. The van der Waals surface area contributed by atoms with Crippen molar-refractivity contribution in [3.63, 3.8) is 0 Å². The molecule has 0 fully saturated rings. The number of nitrogens with zero attached hydrogens (tertiary/aromatic N) is 1. The van der Waals surface area contributed by atoms with Gasteiger partial charge in [0, 0.05) is 10.7 Å². The summed E-state index contributed by atoms with van der Waals surface area (Å²) in [6.45, 7) is 3.30. The third kappa shape index (κ3) is 4.34. The first-order valence-electron chi connectivity index (χ1n) is 7.19. The maximum Gasteiger partial charge on any atom is 0.338 e. The molecule has 2 aromatic rings. The Morgan fingerprint density at radius 2 is 2.00 bits per heavy atom. The molecule has 0 heterocycles. The van der Waals surface area contributed by atoms with Gasteiger partial charge < -0.3 is 10.1 Å². The molecule has 0 bridgehead atoms. The van der Waals surface area contributed by atoms with Gasteiger partial charge in [-0.05, 0) is 49.7 Å². The number of amides is 1. The molecule has 0 saturated carbocycles. The molecule has 0 aliphatic rings. The Morgan fingerprint density at radius 1 is 1.25 bits per heavy atom. The molecule has 1 amide bonds. The molecule has 0 saturated heterocycles. The SMILES string of the molecule is Cc1ccc(Cl)cc1NC(=O)[C@H](C)OC(=O)c1cccc(C#N)c1. The van der Waals surface area contributed by atoms with E-state index < -0.39 is 18.0 Å². The van der Waals surface area contributed by atoms with Crippen LogP contribution < -0.4 is 5.32 Å². The van der Waals surface area contributed by atoms with Crippen molar-refractivity contribution in [2.45, 2.75) is 20.0 Å². The molecule has 1 N–H and O–H groups in total. The number of halogens is 1. The number of aryl methyl sites for hydroxylation is 1. The third-order valence-electron chi connectivity index (χ3n) is 3.34. The Kier molecular flexibility index (Phi) is 5.56. The van der Waals surface area contributed by atoms with E-state index in [4.69, 9.17) is 21.6 Å². The van der Waals surface area contributed by atoms with Gasteiger partial charge in [0.1, 0.15) is 0 Å². The first-order chi connectivity index (χ1) is 11.4. The highest BCUT2D eigenvalue weighted by atomic mass is 35.5. The molecule has 0 unspecified atom stereocenters. The zero-order valence-corrected chi connectivity index (χ0v) is 13.9. The van der Waals surface area contributed by atoms with E-state index in [1.165, 1.54) is 19.1 Å². The molecule has 0 aliphatic carbocycles. The molecular weight excluding hydrogens is 328 g/mol. The van der Waals surface area contributed by atoms with Crippen molar-refractivity contribution in [3.05, 3.63) is 64.2 Å². The van der Waals surface area contributed by atoms with Gasteiger partial charge in [0.25, 0.3) is 5.91 Å². The van der Waals surface area contributed by atoms with Crippen molar-refractivity contribution < 1.29 is 14.3 Å². The summed E-state index contributed by atoms with van der Waals surface area (Å²) < 4.78 is 5.15. The molecule has 2 rings (SSSR count). The van der Waals surface area contributed by atoms with Crippen LogP contribution in [-0.4, -0.2) is 18.0 Å². The largest absolute Gasteiger partial charge is 0.449 e. The predicted molar refractivity (Wildman–Crippen MR) is 90.9 cm³/mol. The van der Waals surface area contributed by atoms with Crippen LogP contribution in [0, 0.1) is 18.3 Å². The molecule has 2 aromatic carbocycles. The summed E-state index contributed by atoms with van der Waals surface area (Å²) in [5.74, 6) is -1.14. The second kappa shape index (κ2) is 7.62. The molecule has 0 radical (unpaired) electrons. The van der Waals surface area contributed by atoms with E-state index in [0.717, 1.165) is 5.56 Å². The van der Waals surface area contributed by atoms with Crippen LogP contribution in [-0.2, 0) is 9.53 Å². The molecule has 6 heteroatoms. The van der Waals surface area contributed by atoms with Crippen LogP contribution >= 0.6 is 11.6 Å². The van der Waals surface area contributed by atoms with Crippen LogP contribution in [0.25, 0.3) is 0 Å². The molecular formula is C18H15ClN2O3. The Morgan fingerprint density at radius 3 is 2.71 bits per heavy atom. The third-order valence-corrected chi connectivity index (χ3v) is 3.57. The average molecular weight is 343 g/mol. The van der Waals surface area contributed by atoms with Crippen LogP contribution in [0.3, 0.4) is 0 Å². The fourth-order valence-corrected chi connectivity index (χ4v) is 2.13. The molecule has 5 nitrogen and oxygen atoms in total. The number of anilines is 1. The number of esters is 1. The first-order valence-corrected chi connectivity index (χ1v) is 7.56. The number of carbonyl (C=O) groups excluding carboxylic acids is 2. The van der Waals surface area contributed by atoms with Gasteiger partial charge in [-0.1, -0.05) is 23.7 Å². The summed E-state index contributed by atoms with van der Waals surface area (Å²) in [4.78, 5) is 24.3. The van der Waals surface area contributed by atoms with Crippen LogP contribution in [0.15, 0.2) is 42.5 Å². The molecule has 122 valence electrons. The number of nitriles is 1. The monoisotopic (exact) mass is 342 g/mol. The molecule has 24 heavy (non-hydrogen) atoms. The fourth-order valence-electron chi connectivity index (χ4n) is 1.96. The van der Waals surface area contributed by atoms with Gasteiger partial charge >= 0.3 is 5.97 Å². The summed E-state index contributed by atoms with van der Waals surface area (Å²) >= 11 is 5.91. The summed E-state index contributed by atoms with van der Waals surface area (Å²) in [7, 11) is 0. The van der Waals surface area contributed by atoms with E-state index in [1.807, 2.05) is 13.0 Å². The van der Waals surface area contributed by atoms with Crippen LogP contribution in [0.5, 0.6) is 0 Å². The minimum Gasteiger partial charge on any atom is -0.449 e.